The van der Waals surface area contributed by atoms with Gasteiger partial charge in [-0.15, -0.1) is 24.8 Å². The van der Waals surface area contributed by atoms with Crippen molar-refractivity contribution in [1.29, 1.82) is 0 Å². The van der Waals surface area contributed by atoms with Crippen LogP contribution in [0.15, 0.2) is 24.5 Å². The van der Waals surface area contributed by atoms with Crippen LogP contribution in [0.4, 0.5) is 13.2 Å². The molecule has 0 radical (unpaired) electrons. The summed E-state index contributed by atoms with van der Waals surface area (Å²) < 4.78 is 38.6. The van der Waals surface area contributed by atoms with Crippen LogP contribution in [0.2, 0.25) is 0 Å². The van der Waals surface area contributed by atoms with Crippen LogP contribution in [0.3, 0.4) is 0 Å². The normalized spacial score (nSPS) is 20.3. The van der Waals surface area contributed by atoms with E-state index in [4.69, 9.17) is 0 Å². The molecule has 0 aliphatic carbocycles. The molecule has 2 heterocycles. The number of hydrogen-bond donors (Lipinski definition) is 1. The fourth-order valence-corrected chi connectivity index (χ4v) is 2.52. The molecule has 0 saturated carbocycles. The lowest BCUT2D eigenvalue weighted by molar-refractivity contribution is -0.184. The van der Waals surface area contributed by atoms with Crippen molar-refractivity contribution in [3.05, 3.63) is 30.1 Å². The highest BCUT2D eigenvalue weighted by molar-refractivity contribution is 5.85. The Bertz CT molecular complexity index is 488. The second-order valence-electron chi connectivity index (χ2n) is 5.28. The van der Waals surface area contributed by atoms with Gasteiger partial charge in [-0.25, -0.2) is 0 Å². The van der Waals surface area contributed by atoms with Gasteiger partial charge in [0.05, 0.1) is 11.8 Å². The van der Waals surface area contributed by atoms with E-state index in [9.17, 15) is 18.0 Å². The van der Waals surface area contributed by atoms with Crippen LogP contribution < -0.4 is 5.32 Å². The van der Waals surface area contributed by atoms with Crippen molar-refractivity contribution in [1.82, 2.24) is 15.2 Å². The standard InChI is InChI=1S/C14H18F3N3O.2ClH/c1-20(7-4-10-2-5-18-6-3-10)13(21)11-8-19-9-12(11)14(15,16)17;;/h2-3,5-6,11-12,19H,4,7-9H2,1H3;2*1H/t11-,12-;;/m1../s1. The van der Waals surface area contributed by atoms with Gasteiger partial charge in [-0.05, 0) is 24.1 Å². The first-order valence-electron chi connectivity index (χ1n) is 6.81. The highest BCUT2D eigenvalue weighted by Crippen LogP contribution is 2.35. The molecule has 0 unspecified atom stereocenters. The van der Waals surface area contributed by atoms with E-state index in [0.717, 1.165) is 5.56 Å². The number of hydrogen-bond acceptors (Lipinski definition) is 3. The third-order valence-corrected chi connectivity index (χ3v) is 3.81. The van der Waals surface area contributed by atoms with Gasteiger partial charge < -0.3 is 10.2 Å². The molecule has 0 spiro atoms. The van der Waals surface area contributed by atoms with Crippen molar-refractivity contribution in [3.8, 4) is 0 Å². The molecule has 2 rings (SSSR count). The SMILES string of the molecule is CN(CCc1ccncc1)C(=O)[C@@H]1CNC[C@H]1C(F)(F)F.Cl.Cl. The first kappa shape index (κ1) is 21.9. The molecule has 9 heteroatoms. The van der Waals surface area contributed by atoms with Gasteiger partial charge in [0, 0.05) is 39.1 Å². The molecule has 0 bridgehead atoms. The van der Waals surface area contributed by atoms with Gasteiger partial charge in [0.15, 0.2) is 0 Å². The Hall–Kier alpha value is -1.05. The summed E-state index contributed by atoms with van der Waals surface area (Å²) in [7, 11) is 1.55. The molecule has 132 valence electrons. The van der Waals surface area contributed by atoms with Crippen molar-refractivity contribution in [2.75, 3.05) is 26.7 Å². The highest BCUT2D eigenvalue weighted by Gasteiger charge is 2.50. The maximum absolute atomic E-state index is 12.9. The Labute approximate surface area is 145 Å². The minimum Gasteiger partial charge on any atom is -0.345 e. The van der Waals surface area contributed by atoms with E-state index in [1.165, 1.54) is 4.90 Å². The second kappa shape index (κ2) is 9.30. The molecule has 1 fully saturated rings. The monoisotopic (exact) mass is 373 g/mol. The number of halogens is 5. The van der Waals surface area contributed by atoms with Crippen LogP contribution in [0.25, 0.3) is 0 Å². The number of nitrogens with zero attached hydrogens (tertiary/aromatic N) is 2. The summed E-state index contributed by atoms with van der Waals surface area (Å²) in [5, 5.41) is 2.66. The first-order chi connectivity index (χ1) is 9.89. The maximum atomic E-state index is 12.9. The third-order valence-electron chi connectivity index (χ3n) is 3.81. The summed E-state index contributed by atoms with van der Waals surface area (Å²) in [5.41, 5.74) is 1.00. The topological polar surface area (TPSA) is 45.2 Å². The molecule has 1 amide bonds. The number of rotatable bonds is 4. The molecule has 2 atom stereocenters. The van der Waals surface area contributed by atoms with E-state index < -0.39 is 23.9 Å². The van der Waals surface area contributed by atoms with Crippen LogP contribution in [0.1, 0.15) is 5.56 Å². The predicted octanol–water partition coefficient (Wildman–Crippen LogP) is 2.32. The number of amides is 1. The molecule has 23 heavy (non-hydrogen) atoms. The van der Waals surface area contributed by atoms with E-state index >= 15 is 0 Å². The van der Waals surface area contributed by atoms with E-state index in [1.807, 2.05) is 12.1 Å². The highest BCUT2D eigenvalue weighted by atomic mass is 35.5. The summed E-state index contributed by atoms with van der Waals surface area (Å²) in [4.78, 5) is 17.5. The van der Waals surface area contributed by atoms with E-state index in [-0.39, 0.29) is 37.9 Å². The van der Waals surface area contributed by atoms with Gasteiger partial charge in [0.1, 0.15) is 0 Å². The quantitative estimate of drug-likeness (QED) is 0.880. The van der Waals surface area contributed by atoms with Gasteiger partial charge >= 0.3 is 6.18 Å². The van der Waals surface area contributed by atoms with Crippen LogP contribution in [0.5, 0.6) is 0 Å². The smallest absolute Gasteiger partial charge is 0.345 e. The van der Waals surface area contributed by atoms with Crippen LogP contribution >= 0.6 is 24.8 Å². The molecule has 1 aliphatic heterocycles. The Balaban J connectivity index is 0.00000242. The molecular weight excluding hydrogens is 354 g/mol. The number of nitrogens with one attached hydrogen (secondary N) is 1. The fraction of sp³-hybridized carbons (Fsp3) is 0.571. The van der Waals surface area contributed by atoms with Crippen LogP contribution in [0, 0.1) is 11.8 Å². The summed E-state index contributed by atoms with van der Waals surface area (Å²) in [6.07, 6.45) is -0.438. The van der Waals surface area contributed by atoms with E-state index in [1.54, 1.807) is 19.4 Å². The molecular formula is C14H20Cl2F3N3O. The minimum atomic E-state index is -4.34. The van der Waals surface area contributed by atoms with Gasteiger partial charge in [-0.2, -0.15) is 13.2 Å². The van der Waals surface area contributed by atoms with E-state index in [0.29, 0.717) is 13.0 Å². The van der Waals surface area contributed by atoms with Crippen LogP contribution in [-0.4, -0.2) is 48.6 Å². The summed E-state index contributed by atoms with van der Waals surface area (Å²) >= 11 is 0. The number of carbonyl (C=O) groups is 1. The molecule has 1 saturated heterocycles. The Morgan fingerprint density at radius 2 is 1.91 bits per heavy atom. The molecule has 1 aromatic rings. The zero-order valence-corrected chi connectivity index (χ0v) is 14.2. The van der Waals surface area contributed by atoms with Gasteiger partial charge in [-0.1, -0.05) is 0 Å². The number of carbonyl (C=O) groups excluding carboxylic acids is 1. The number of likely N-dealkylation sites (N-methyl/N-ethyl adjacent to an activating group) is 1. The molecule has 1 aliphatic rings. The number of aromatic nitrogens is 1. The van der Waals surface area contributed by atoms with Gasteiger partial charge in [0.25, 0.3) is 0 Å². The molecule has 1 N–H and O–H groups in total. The number of alkyl halides is 3. The van der Waals surface area contributed by atoms with Gasteiger partial charge in [-0.3, -0.25) is 9.78 Å². The summed E-state index contributed by atoms with van der Waals surface area (Å²) in [5.74, 6) is -3.06. The molecule has 4 nitrogen and oxygen atoms in total. The largest absolute Gasteiger partial charge is 0.393 e. The summed E-state index contributed by atoms with van der Waals surface area (Å²) in [6, 6.07) is 3.65. The Kier molecular flexibility index (Phi) is 8.87. The van der Waals surface area contributed by atoms with Crippen molar-refractivity contribution < 1.29 is 18.0 Å². The van der Waals surface area contributed by atoms with E-state index in [2.05, 4.69) is 10.3 Å². The fourth-order valence-electron chi connectivity index (χ4n) is 2.52. The number of pyridine rings is 1. The van der Waals surface area contributed by atoms with Crippen molar-refractivity contribution in [2.24, 2.45) is 11.8 Å². The molecule has 0 aromatic carbocycles. The predicted molar refractivity (Wildman–Crippen MR) is 86.0 cm³/mol. The lowest BCUT2D eigenvalue weighted by Crippen LogP contribution is -2.41. The second-order valence-corrected chi connectivity index (χ2v) is 5.28. The lowest BCUT2D eigenvalue weighted by Gasteiger charge is -2.25. The van der Waals surface area contributed by atoms with Crippen molar-refractivity contribution in [3.63, 3.8) is 0 Å². The lowest BCUT2D eigenvalue weighted by atomic mass is 9.94. The van der Waals surface area contributed by atoms with Crippen LogP contribution in [-0.2, 0) is 11.2 Å². The Morgan fingerprint density at radius 3 is 2.48 bits per heavy atom. The third kappa shape index (κ3) is 5.82. The van der Waals surface area contributed by atoms with Crippen molar-refractivity contribution >= 4 is 30.7 Å². The zero-order valence-electron chi connectivity index (χ0n) is 12.5. The summed E-state index contributed by atoms with van der Waals surface area (Å²) in [6.45, 7) is 0.296. The minimum absolute atomic E-state index is 0. The van der Waals surface area contributed by atoms with Crippen molar-refractivity contribution in [2.45, 2.75) is 12.6 Å². The first-order valence-corrected chi connectivity index (χ1v) is 6.81. The van der Waals surface area contributed by atoms with Gasteiger partial charge in [0.2, 0.25) is 5.91 Å². The maximum Gasteiger partial charge on any atom is 0.393 e. The average molecular weight is 374 g/mol. The Morgan fingerprint density at radius 1 is 1.30 bits per heavy atom. The zero-order chi connectivity index (χ0) is 15.5. The average Bonchev–Trinajstić information content (AvgIpc) is 2.94. The molecule has 1 aromatic heterocycles.